The first kappa shape index (κ1) is 19.3. The SMILES string of the molecule is C=CC1(OC(=O)C(F)(F)C(CC)OC(=O)C(=C)C)CCCCC1. The van der Waals surface area contributed by atoms with Gasteiger partial charge in [0.05, 0.1) is 0 Å². The summed E-state index contributed by atoms with van der Waals surface area (Å²) in [6.07, 6.45) is 2.80. The van der Waals surface area contributed by atoms with E-state index in [0.717, 1.165) is 19.3 Å². The summed E-state index contributed by atoms with van der Waals surface area (Å²) >= 11 is 0. The number of esters is 2. The second-order valence-corrected chi connectivity index (χ2v) is 5.92. The molecule has 0 heterocycles. The third-order valence-electron chi connectivity index (χ3n) is 4.01. The number of ether oxygens (including phenoxy) is 2. The molecule has 0 spiro atoms. The van der Waals surface area contributed by atoms with Crippen LogP contribution in [0.15, 0.2) is 24.8 Å². The van der Waals surface area contributed by atoms with Gasteiger partial charge in [-0.05, 0) is 45.1 Å². The third kappa shape index (κ3) is 4.62. The molecular weight excluding hydrogens is 306 g/mol. The summed E-state index contributed by atoms with van der Waals surface area (Å²) in [4.78, 5) is 23.5. The Hall–Kier alpha value is -1.72. The Morgan fingerprint density at radius 2 is 1.87 bits per heavy atom. The summed E-state index contributed by atoms with van der Waals surface area (Å²) in [5, 5.41) is 0. The second-order valence-electron chi connectivity index (χ2n) is 5.92. The van der Waals surface area contributed by atoms with Crippen LogP contribution in [0.3, 0.4) is 0 Å². The summed E-state index contributed by atoms with van der Waals surface area (Å²) in [5.41, 5.74) is -1.07. The highest BCUT2D eigenvalue weighted by Gasteiger charge is 2.52. The van der Waals surface area contributed by atoms with Gasteiger partial charge in [0, 0.05) is 5.57 Å². The van der Waals surface area contributed by atoms with Crippen LogP contribution in [0.25, 0.3) is 0 Å². The average molecular weight is 330 g/mol. The van der Waals surface area contributed by atoms with Gasteiger partial charge >= 0.3 is 17.9 Å². The van der Waals surface area contributed by atoms with Gasteiger partial charge in [0.1, 0.15) is 5.60 Å². The van der Waals surface area contributed by atoms with Gasteiger partial charge in [-0.25, -0.2) is 9.59 Å². The van der Waals surface area contributed by atoms with E-state index in [0.29, 0.717) is 12.8 Å². The van der Waals surface area contributed by atoms with Gasteiger partial charge in [-0.15, -0.1) is 0 Å². The van der Waals surface area contributed by atoms with Crippen molar-refractivity contribution in [2.75, 3.05) is 0 Å². The molecule has 1 aliphatic carbocycles. The Morgan fingerprint density at radius 1 is 1.30 bits per heavy atom. The van der Waals surface area contributed by atoms with Crippen molar-refractivity contribution in [2.45, 2.75) is 70.0 Å². The molecule has 1 unspecified atom stereocenters. The highest BCUT2D eigenvalue weighted by atomic mass is 19.3. The van der Waals surface area contributed by atoms with Crippen LogP contribution in [0.4, 0.5) is 8.78 Å². The van der Waals surface area contributed by atoms with Crippen LogP contribution in [0, 0.1) is 0 Å². The van der Waals surface area contributed by atoms with E-state index >= 15 is 0 Å². The zero-order chi connectivity index (χ0) is 17.7. The first-order chi connectivity index (χ1) is 10.7. The molecule has 4 nitrogen and oxygen atoms in total. The van der Waals surface area contributed by atoms with E-state index in [4.69, 9.17) is 4.74 Å². The fourth-order valence-corrected chi connectivity index (χ4v) is 2.53. The smallest absolute Gasteiger partial charge is 0.381 e. The zero-order valence-corrected chi connectivity index (χ0v) is 13.7. The molecule has 1 atom stereocenters. The maximum Gasteiger partial charge on any atom is 0.381 e. The minimum atomic E-state index is -3.92. The monoisotopic (exact) mass is 330 g/mol. The van der Waals surface area contributed by atoms with Crippen molar-refractivity contribution in [3.8, 4) is 0 Å². The van der Waals surface area contributed by atoms with Crippen molar-refractivity contribution in [3.63, 3.8) is 0 Å². The highest BCUT2D eigenvalue weighted by Crippen LogP contribution is 2.36. The molecule has 0 aromatic rings. The largest absolute Gasteiger partial charge is 0.452 e. The molecule has 130 valence electrons. The first-order valence-electron chi connectivity index (χ1n) is 7.80. The predicted molar refractivity (Wildman–Crippen MR) is 82.0 cm³/mol. The summed E-state index contributed by atoms with van der Waals surface area (Å²) in [6, 6.07) is 0. The van der Waals surface area contributed by atoms with E-state index in [2.05, 4.69) is 17.9 Å². The molecule has 0 aliphatic heterocycles. The van der Waals surface area contributed by atoms with E-state index in [1.165, 1.54) is 19.9 Å². The number of halogens is 2. The van der Waals surface area contributed by atoms with E-state index < -0.39 is 29.6 Å². The Bertz CT molecular complexity index is 479. The molecule has 0 amide bonds. The molecular formula is C17H24F2O4. The molecule has 0 aromatic carbocycles. The van der Waals surface area contributed by atoms with Gasteiger partial charge in [0.2, 0.25) is 0 Å². The number of rotatable bonds is 7. The maximum absolute atomic E-state index is 14.4. The molecule has 0 radical (unpaired) electrons. The van der Waals surface area contributed by atoms with Crippen LogP contribution in [0.5, 0.6) is 0 Å². The van der Waals surface area contributed by atoms with Gasteiger partial charge in [0.25, 0.3) is 0 Å². The molecule has 0 N–H and O–H groups in total. The molecule has 1 fully saturated rings. The third-order valence-corrected chi connectivity index (χ3v) is 4.01. The molecule has 0 saturated heterocycles. The number of carbonyl (C=O) groups is 2. The Balaban J connectivity index is 2.86. The van der Waals surface area contributed by atoms with Crippen LogP contribution in [0.1, 0.15) is 52.4 Å². The van der Waals surface area contributed by atoms with Crippen LogP contribution in [-0.4, -0.2) is 29.6 Å². The molecule has 1 saturated carbocycles. The molecule has 0 aromatic heterocycles. The lowest BCUT2D eigenvalue weighted by molar-refractivity contribution is -0.207. The highest BCUT2D eigenvalue weighted by molar-refractivity contribution is 5.88. The van der Waals surface area contributed by atoms with Crippen LogP contribution in [0.2, 0.25) is 0 Å². The van der Waals surface area contributed by atoms with Crippen molar-refractivity contribution in [2.24, 2.45) is 0 Å². The van der Waals surface area contributed by atoms with Crippen LogP contribution >= 0.6 is 0 Å². The molecule has 1 rings (SSSR count). The number of hydrogen-bond donors (Lipinski definition) is 0. The normalized spacial score (nSPS) is 18.6. The average Bonchev–Trinajstić information content (AvgIpc) is 2.52. The maximum atomic E-state index is 14.4. The standard InChI is InChI=1S/C17H24F2O4/c1-5-13(22-14(20)12(3)4)17(18,19)15(21)23-16(6-2)10-8-7-9-11-16/h6,13H,2-3,5,7-11H2,1,4H3. The topological polar surface area (TPSA) is 52.6 Å². The van der Waals surface area contributed by atoms with Crippen LogP contribution < -0.4 is 0 Å². The summed E-state index contributed by atoms with van der Waals surface area (Å²) < 4.78 is 38.5. The van der Waals surface area contributed by atoms with Gasteiger partial charge < -0.3 is 9.47 Å². The minimum absolute atomic E-state index is 0.0116. The second kappa shape index (κ2) is 7.70. The lowest BCUT2D eigenvalue weighted by atomic mass is 9.84. The summed E-state index contributed by atoms with van der Waals surface area (Å²) in [5.74, 6) is -6.56. The Morgan fingerprint density at radius 3 is 2.30 bits per heavy atom. The van der Waals surface area contributed by atoms with Crippen molar-refractivity contribution in [3.05, 3.63) is 24.8 Å². The zero-order valence-electron chi connectivity index (χ0n) is 13.7. The minimum Gasteiger partial charge on any atom is -0.452 e. The fourth-order valence-electron chi connectivity index (χ4n) is 2.53. The lowest BCUT2D eigenvalue weighted by Crippen LogP contribution is -2.49. The number of alkyl halides is 2. The Labute approximate surface area is 135 Å². The fraction of sp³-hybridized carbons (Fsp3) is 0.647. The van der Waals surface area contributed by atoms with Crippen LogP contribution in [-0.2, 0) is 19.1 Å². The van der Waals surface area contributed by atoms with E-state index in [-0.39, 0.29) is 12.0 Å². The molecule has 23 heavy (non-hydrogen) atoms. The van der Waals surface area contributed by atoms with E-state index in [1.807, 2.05) is 0 Å². The van der Waals surface area contributed by atoms with Crippen molar-refractivity contribution < 1.29 is 27.8 Å². The first-order valence-corrected chi connectivity index (χ1v) is 7.80. The van der Waals surface area contributed by atoms with Crippen molar-refractivity contribution in [1.29, 1.82) is 0 Å². The summed E-state index contributed by atoms with van der Waals surface area (Å²) in [7, 11) is 0. The summed E-state index contributed by atoms with van der Waals surface area (Å²) in [6.45, 7) is 9.70. The molecule has 0 bridgehead atoms. The molecule has 6 heteroatoms. The van der Waals surface area contributed by atoms with Gasteiger partial charge in [-0.3, -0.25) is 0 Å². The number of hydrogen-bond acceptors (Lipinski definition) is 4. The van der Waals surface area contributed by atoms with Gasteiger partial charge in [-0.1, -0.05) is 26.5 Å². The lowest BCUT2D eigenvalue weighted by Gasteiger charge is -2.36. The molecule has 1 aliphatic rings. The Kier molecular flexibility index (Phi) is 6.47. The quantitative estimate of drug-likeness (QED) is 0.403. The van der Waals surface area contributed by atoms with Gasteiger partial charge in [-0.2, -0.15) is 8.78 Å². The van der Waals surface area contributed by atoms with Crippen molar-refractivity contribution >= 4 is 11.9 Å². The predicted octanol–water partition coefficient (Wildman–Crippen LogP) is 3.95. The van der Waals surface area contributed by atoms with E-state index in [1.54, 1.807) is 0 Å². The van der Waals surface area contributed by atoms with Crippen molar-refractivity contribution in [1.82, 2.24) is 0 Å². The van der Waals surface area contributed by atoms with E-state index in [9.17, 15) is 18.4 Å². The van der Waals surface area contributed by atoms with Gasteiger partial charge in [0.15, 0.2) is 6.10 Å². The number of carbonyl (C=O) groups excluding carboxylic acids is 2.